The molecule has 0 aliphatic carbocycles. The standard InChI is InChI=1S/C21H22N4O2S/c26-12-16-13-28-21(23-16)24-9-15-10-25(20(27)18-7-4-8-22-18)19(17(15)11-24)14-5-2-1-3-6-14/h1-8,13,15,17,19,22,26H,9-12H2/t15-,17-,19+/m0/s1. The van der Waals surface area contributed by atoms with E-state index in [0.29, 0.717) is 17.5 Å². The molecule has 3 aromatic rings. The van der Waals surface area contributed by atoms with Crippen molar-refractivity contribution in [3.05, 3.63) is 71.0 Å². The van der Waals surface area contributed by atoms with Crippen molar-refractivity contribution in [2.75, 3.05) is 24.5 Å². The number of nitrogens with zero attached hydrogens (tertiary/aromatic N) is 3. The van der Waals surface area contributed by atoms with Crippen molar-refractivity contribution in [1.82, 2.24) is 14.9 Å². The van der Waals surface area contributed by atoms with Gasteiger partial charge in [0.2, 0.25) is 0 Å². The number of likely N-dealkylation sites (tertiary alicyclic amines) is 1. The van der Waals surface area contributed by atoms with Gasteiger partial charge in [0.05, 0.1) is 18.3 Å². The lowest BCUT2D eigenvalue weighted by Crippen LogP contribution is -2.36. The number of aromatic amines is 1. The molecule has 3 atom stereocenters. The van der Waals surface area contributed by atoms with E-state index in [1.807, 2.05) is 40.6 Å². The van der Waals surface area contributed by atoms with Crippen molar-refractivity contribution >= 4 is 22.4 Å². The summed E-state index contributed by atoms with van der Waals surface area (Å²) >= 11 is 1.58. The summed E-state index contributed by atoms with van der Waals surface area (Å²) in [6, 6.07) is 14.1. The lowest BCUT2D eigenvalue weighted by molar-refractivity contribution is 0.0710. The Kier molecular flexibility index (Phi) is 4.41. The third-order valence-corrected chi connectivity index (χ3v) is 6.82. The molecule has 0 bridgehead atoms. The van der Waals surface area contributed by atoms with Gasteiger partial charge in [-0.25, -0.2) is 4.98 Å². The highest BCUT2D eigenvalue weighted by Crippen LogP contribution is 2.46. The molecule has 1 aromatic carbocycles. The largest absolute Gasteiger partial charge is 0.390 e. The predicted octanol–water partition coefficient (Wildman–Crippen LogP) is 2.91. The van der Waals surface area contributed by atoms with Crippen molar-refractivity contribution in [1.29, 1.82) is 0 Å². The van der Waals surface area contributed by atoms with E-state index >= 15 is 0 Å². The Hall–Kier alpha value is -2.64. The van der Waals surface area contributed by atoms with Gasteiger partial charge < -0.3 is 19.9 Å². The van der Waals surface area contributed by atoms with Crippen molar-refractivity contribution in [3.63, 3.8) is 0 Å². The number of carbonyl (C=O) groups excluding carboxylic acids is 1. The predicted molar refractivity (Wildman–Crippen MR) is 108 cm³/mol. The number of aromatic nitrogens is 2. The summed E-state index contributed by atoms with van der Waals surface area (Å²) < 4.78 is 0. The SMILES string of the molecule is O=C(c1ccc[nH]1)N1C[C@@H]2CN(c3nc(CO)cs3)C[C@@H]2[C@H]1c1ccccc1. The van der Waals surface area contributed by atoms with Crippen molar-refractivity contribution in [2.24, 2.45) is 11.8 Å². The van der Waals surface area contributed by atoms with E-state index in [9.17, 15) is 9.90 Å². The molecular formula is C21H22N4O2S. The number of nitrogens with one attached hydrogen (secondary N) is 1. The van der Waals surface area contributed by atoms with E-state index in [1.165, 1.54) is 5.56 Å². The average molecular weight is 395 g/mol. The van der Waals surface area contributed by atoms with Crippen molar-refractivity contribution in [2.45, 2.75) is 12.6 Å². The summed E-state index contributed by atoms with van der Waals surface area (Å²) in [5.74, 6) is 0.838. The molecule has 28 heavy (non-hydrogen) atoms. The summed E-state index contributed by atoms with van der Waals surface area (Å²) in [7, 11) is 0. The van der Waals surface area contributed by atoms with Crippen LogP contribution in [0.1, 0.15) is 27.8 Å². The second-order valence-electron chi connectivity index (χ2n) is 7.51. The summed E-state index contributed by atoms with van der Waals surface area (Å²) in [6.07, 6.45) is 1.80. The van der Waals surface area contributed by atoms with Crippen LogP contribution in [-0.4, -0.2) is 45.5 Å². The number of fused-ring (bicyclic) bond motifs is 1. The van der Waals surface area contributed by atoms with E-state index in [2.05, 4.69) is 27.0 Å². The molecule has 0 spiro atoms. The Morgan fingerprint density at radius 3 is 2.75 bits per heavy atom. The molecule has 144 valence electrons. The summed E-state index contributed by atoms with van der Waals surface area (Å²) in [6.45, 7) is 2.48. The van der Waals surface area contributed by atoms with Gasteiger partial charge in [-0.1, -0.05) is 30.3 Å². The first kappa shape index (κ1) is 17.5. The molecule has 4 heterocycles. The van der Waals surface area contributed by atoms with Gasteiger partial charge in [-0.3, -0.25) is 4.79 Å². The zero-order valence-electron chi connectivity index (χ0n) is 15.4. The molecular weight excluding hydrogens is 372 g/mol. The number of benzene rings is 1. The van der Waals surface area contributed by atoms with E-state index in [4.69, 9.17) is 0 Å². The Bertz CT molecular complexity index is 956. The molecule has 0 saturated carbocycles. The number of hydrogen-bond acceptors (Lipinski definition) is 5. The lowest BCUT2D eigenvalue weighted by atomic mass is 9.89. The average Bonchev–Trinajstić information content (AvgIpc) is 3.51. The number of amides is 1. The third kappa shape index (κ3) is 2.91. The minimum atomic E-state index is -0.0255. The molecule has 2 aromatic heterocycles. The van der Waals surface area contributed by atoms with Crippen LogP contribution in [0.25, 0.3) is 0 Å². The van der Waals surface area contributed by atoms with Crippen molar-refractivity contribution < 1.29 is 9.90 Å². The van der Waals surface area contributed by atoms with Crippen LogP contribution in [0.4, 0.5) is 5.13 Å². The van der Waals surface area contributed by atoms with Gasteiger partial charge in [0.15, 0.2) is 5.13 Å². The van der Waals surface area contributed by atoms with Crippen LogP contribution in [0.5, 0.6) is 0 Å². The highest BCUT2D eigenvalue weighted by molar-refractivity contribution is 7.13. The van der Waals surface area contributed by atoms with E-state index in [0.717, 1.165) is 30.5 Å². The van der Waals surface area contributed by atoms with Gasteiger partial charge in [0, 0.05) is 43.0 Å². The van der Waals surface area contributed by atoms with Gasteiger partial charge >= 0.3 is 0 Å². The van der Waals surface area contributed by atoms with Crippen LogP contribution in [0.2, 0.25) is 0 Å². The highest BCUT2D eigenvalue weighted by atomic mass is 32.1. The summed E-state index contributed by atoms with van der Waals surface area (Å²) in [5, 5.41) is 12.2. The molecule has 2 N–H and O–H groups in total. The molecule has 5 rings (SSSR count). The number of carbonyl (C=O) groups is 1. The quantitative estimate of drug-likeness (QED) is 0.714. The number of H-pyrrole nitrogens is 1. The smallest absolute Gasteiger partial charge is 0.270 e. The summed E-state index contributed by atoms with van der Waals surface area (Å²) in [4.78, 5) is 25.1. The number of anilines is 1. The van der Waals surface area contributed by atoms with Crippen LogP contribution in [0.3, 0.4) is 0 Å². The first-order valence-corrected chi connectivity index (χ1v) is 10.4. The molecule has 2 fully saturated rings. The summed E-state index contributed by atoms with van der Waals surface area (Å²) in [5.41, 5.74) is 2.55. The molecule has 0 unspecified atom stereocenters. The monoisotopic (exact) mass is 394 g/mol. The molecule has 2 aliphatic heterocycles. The normalized spacial score (nSPS) is 24.0. The Morgan fingerprint density at radius 1 is 1.18 bits per heavy atom. The first-order chi connectivity index (χ1) is 13.7. The van der Waals surface area contributed by atoms with Gasteiger partial charge in [0.25, 0.3) is 5.91 Å². The maximum absolute atomic E-state index is 13.2. The Balaban J connectivity index is 1.44. The highest BCUT2D eigenvalue weighted by Gasteiger charge is 2.49. The fourth-order valence-electron chi connectivity index (χ4n) is 4.62. The zero-order chi connectivity index (χ0) is 19.1. The van der Waals surface area contributed by atoms with Crippen LogP contribution in [0.15, 0.2) is 54.0 Å². The van der Waals surface area contributed by atoms with Gasteiger partial charge in [-0.05, 0) is 17.7 Å². The Morgan fingerprint density at radius 2 is 2.04 bits per heavy atom. The molecule has 1 amide bonds. The van der Waals surface area contributed by atoms with Crippen LogP contribution < -0.4 is 4.90 Å². The molecule has 7 heteroatoms. The number of aliphatic hydroxyl groups excluding tert-OH is 1. The molecule has 2 aliphatic rings. The van der Waals surface area contributed by atoms with E-state index in [-0.39, 0.29) is 18.6 Å². The number of rotatable bonds is 4. The fourth-order valence-corrected chi connectivity index (χ4v) is 5.46. The first-order valence-electron chi connectivity index (χ1n) is 9.54. The molecule has 6 nitrogen and oxygen atoms in total. The van der Waals surface area contributed by atoms with Crippen LogP contribution in [0, 0.1) is 11.8 Å². The number of hydrogen-bond donors (Lipinski definition) is 2. The minimum Gasteiger partial charge on any atom is -0.390 e. The Labute approximate surface area is 167 Å². The lowest BCUT2D eigenvalue weighted by Gasteiger charge is -2.29. The van der Waals surface area contributed by atoms with E-state index < -0.39 is 0 Å². The van der Waals surface area contributed by atoms with Gasteiger partial charge in [-0.15, -0.1) is 11.3 Å². The van der Waals surface area contributed by atoms with Gasteiger partial charge in [-0.2, -0.15) is 0 Å². The second kappa shape index (κ2) is 7.07. The number of aliphatic hydroxyl groups is 1. The zero-order valence-corrected chi connectivity index (χ0v) is 16.2. The molecule has 2 saturated heterocycles. The van der Waals surface area contributed by atoms with Crippen LogP contribution in [-0.2, 0) is 6.61 Å². The topological polar surface area (TPSA) is 72.5 Å². The maximum Gasteiger partial charge on any atom is 0.270 e. The number of thiazole rings is 1. The van der Waals surface area contributed by atoms with Crippen molar-refractivity contribution in [3.8, 4) is 0 Å². The van der Waals surface area contributed by atoms with Crippen LogP contribution >= 0.6 is 11.3 Å². The van der Waals surface area contributed by atoms with Gasteiger partial charge in [0.1, 0.15) is 5.69 Å². The fraction of sp³-hybridized carbons (Fsp3) is 0.333. The van der Waals surface area contributed by atoms with E-state index in [1.54, 1.807) is 17.5 Å². The third-order valence-electron chi connectivity index (χ3n) is 5.87. The second-order valence-corrected chi connectivity index (χ2v) is 8.34. The molecule has 0 radical (unpaired) electrons. The minimum absolute atomic E-state index is 0.0255. The maximum atomic E-state index is 13.2.